The third-order valence-electron chi connectivity index (χ3n) is 4.19. The van der Waals surface area contributed by atoms with Crippen molar-refractivity contribution in [3.05, 3.63) is 48.6 Å². The second kappa shape index (κ2) is 12.1. The lowest BCUT2D eigenvalue weighted by Crippen LogP contribution is -2.43. The van der Waals surface area contributed by atoms with Crippen molar-refractivity contribution >= 4 is 11.9 Å². The third kappa shape index (κ3) is 7.27. The minimum absolute atomic E-state index is 0.0342. The quantitative estimate of drug-likeness (QED) is 0.380. The second-order valence-electron chi connectivity index (χ2n) is 6.15. The maximum absolute atomic E-state index is 11.8. The fourth-order valence-corrected chi connectivity index (χ4v) is 2.62. The monoisotopic (exact) mass is 359 g/mol. The SMILES string of the molecule is C=CCNC(=NCC(=O)N(C)C)NCC(c1ccccc1)N(CC)CC. The van der Waals surface area contributed by atoms with Crippen molar-refractivity contribution in [3.8, 4) is 0 Å². The summed E-state index contributed by atoms with van der Waals surface area (Å²) in [4.78, 5) is 20.2. The molecule has 0 bridgehead atoms. The van der Waals surface area contributed by atoms with E-state index in [9.17, 15) is 4.79 Å². The lowest BCUT2D eigenvalue weighted by atomic mass is 10.1. The molecule has 0 radical (unpaired) electrons. The number of amides is 1. The first kappa shape index (κ1) is 21.7. The molecule has 0 aromatic heterocycles. The molecule has 6 heteroatoms. The highest BCUT2D eigenvalue weighted by molar-refractivity contribution is 5.84. The van der Waals surface area contributed by atoms with Crippen LogP contribution in [0.1, 0.15) is 25.5 Å². The Morgan fingerprint density at radius 2 is 1.85 bits per heavy atom. The molecule has 0 aliphatic heterocycles. The van der Waals surface area contributed by atoms with Gasteiger partial charge in [0.25, 0.3) is 0 Å². The van der Waals surface area contributed by atoms with Crippen LogP contribution in [-0.2, 0) is 4.79 Å². The number of rotatable bonds is 10. The fraction of sp³-hybridized carbons (Fsp3) is 0.500. The zero-order valence-electron chi connectivity index (χ0n) is 16.5. The molecule has 1 aromatic carbocycles. The van der Waals surface area contributed by atoms with Crippen LogP contribution in [0.2, 0.25) is 0 Å². The Hall–Kier alpha value is -2.34. The van der Waals surface area contributed by atoms with E-state index in [0.717, 1.165) is 13.1 Å². The molecule has 0 fully saturated rings. The van der Waals surface area contributed by atoms with Crippen molar-refractivity contribution in [2.24, 2.45) is 4.99 Å². The van der Waals surface area contributed by atoms with Gasteiger partial charge in [0.1, 0.15) is 6.54 Å². The van der Waals surface area contributed by atoms with Crippen molar-refractivity contribution in [1.82, 2.24) is 20.4 Å². The van der Waals surface area contributed by atoms with Crippen LogP contribution in [-0.4, -0.2) is 68.5 Å². The Labute approximate surface area is 158 Å². The maximum Gasteiger partial charge on any atom is 0.243 e. The normalized spacial score (nSPS) is 12.6. The van der Waals surface area contributed by atoms with E-state index in [1.807, 2.05) is 6.07 Å². The van der Waals surface area contributed by atoms with Crippen LogP contribution in [0.5, 0.6) is 0 Å². The Balaban J connectivity index is 2.87. The third-order valence-corrected chi connectivity index (χ3v) is 4.19. The van der Waals surface area contributed by atoms with Gasteiger partial charge in [-0.05, 0) is 18.7 Å². The zero-order valence-corrected chi connectivity index (χ0v) is 16.5. The average molecular weight is 360 g/mol. The van der Waals surface area contributed by atoms with Crippen LogP contribution in [0, 0.1) is 0 Å². The van der Waals surface area contributed by atoms with E-state index in [2.05, 4.69) is 65.2 Å². The lowest BCUT2D eigenvalue weighted by molar-refractivity contribution is -0.127. The molecule has 1 unspecified atom stereocenters. The van der Waals surface area contributed by atoms with Crippen molar-refractivity contribution < 1.29 is 4.79 Å². The Kier molecular flexibility index (Phi) is 10.1. The largest absolute Gasteiger partial charge is 0.354 e. The highest BCUT2D eigenvalue weighted by Gasteiger charge is 2.18. The molecule has 6 nitrogen and oxygen atoms in total. The Morgan fingerprint density at radius 1 is 1.19 bits per heavy atom. The summed E-state index contributed by atoms with van der Waals surface area (Å²) in [5.41, 5.74) is 1.26. The molecule has 0 saturated carbocycles. The number of guanidine groups is 1. The second-order valence-corrected chi connectivity index (χ2v) is 6.15. The number of carbonyl (C=O) groups is 1. The predicted octanol–water partition coefficient (Wildman–Crippen LogP) is 1.88. The molecule has 1 atom stereocenters. The highest BCUT2D eigenvalue weighted by Crippen LogP contribution is 2.19. The van der Waals surface area contributed by atoms with Gasteiger partial charge in [-0.25, -0.2) is 4.99 Å². The van der Waals surface area contributed by atoms with E-state index in [-0.39, 0.29) is 18.5 Å². The molecule has 2 N–H and O–H groups in total. The molecule has 0 spiro atoms. The summed E-state index contributed by atoms with van der Waals surface area (Å²) >= 11 is 0. The van der Waals surface area contributed by atoms with Gasteiger partial charge in [0, 0.05) is 27.2 Å². The Bertz CT molecular complexity index is 567. The number of aliphatic imine (C=N–C) groups is 1. The topological polar surface area (TPSA) is 60.0 Å². The van der Waals surface area contributed by atoms with Gasteiger partial charge in [-0.15, -0.1) is 6.58 Å². The molecule has 1 aromatic rings. The van der Waals surface area contributed by atoms with Gasteiger partial charge in [-0.1, -0.05) is 50.3 Å². The fourth-order valence-electron chi connectivity index (χ4n) is 2.62. The number of hydrogen-bond donors (Lipinski definition) is 2. The average Bonchev–Trinajstić information content (AvgIpc) is 2.66. The van der Waals surface area contributed by atoms with Crippen LogP contribution in [0.4, 0.5) is 0 Å². The molecule has 1 amide bonds. The van der Waals surface area contributed by atoms with Crippen LogP contribution in [0.3, 0.4) is 0 Å². The van der Waals surface area contributed by atoms with Gasteiger partial charge < -0.3 is 15.5 Å². The standard InChI is InChI=1S/C20H33N5O/c1-6-14-21-20(23-16-19(26)24(4)5)22-15-18(25(7-2)8-3)17-12-10-9-11-13-17/h6,9-13,18H,1,7-8,14-16H2,2-5H3,(H2,21,22,23). The summed E-state index contributed by atoms with van der Waals surface area (Å²) in [6, 6.07) is 10.7. The molecule has 0 aliphatic rings. The molecular weight excluding hydrogens is 326 g/mol. The number of nitrogens with zero attached hydrogens (tertiary/aromatic N) is 3. The van der Waals surface area contributed by atoms with Crippen molar-refractivity contribution in [2.45, 2.75) is 19.9 Å². The first-order valence-electron chi connectivity index (χ1n) is 9.15. The molecule has 1 rings (SSSR count). The number of nitrogens with one attached hydrogen (secondary N) is 2. The molecular formula is C20H33N5O. The van der Waals surface area contributed by atoms with E-state index >= 15 is 0 Å². The summed E-state index contributed by atoms with van der Waals surface area (Å²) in [5, 5.41) is 6.55. The zero-order chi connectivity index (χ0) is 19.4. The smallest absolute Gasteiger partial charge is 0.243 e. The van der Waals surface area contributed by atoms with Crippen LogP contribution in [0.15, 0.2) is 48.0 Å². The van der Waals surface area contributed by atoms with Crippen molar-refractivity contribution in [2.75, 3.05) is 46.8 Å². The molecule has 0 aliphatic carbocycles. The maximum atomic E-state index is 11.8. The van der Waals surface area contributed by atoms with Gasteiger partial charge in [-0.2, -0.15) is 0 Å². The van der Waals surface area contributed by atoms with E-state index in [1.165, 1.54) is 10.5 Å². The number of benzene rings is 1. The summed E-state index contributed by atoms with van der Waals surface area (Å²) in [6.45, 7) is 11.4. The van der Waals surface area contributed by atoms with Gasteiger partial charge in [0.05, 0.1) is 6.04 Å². The number of carbonyl (C=O) groups excluding carboxylic acids is 1. The van der Waals surface area contributed by atoms with E-state index in [0.29, 0.717) is 19.0 Å². The van der Waals surface area contributed by atoms with Gasteiger partial charge in [-0.3, -0.25) is 9.69 Å². The number of likely N-dealkylation sites (N-methyl/N-ethyl adjacent to an activating group) is 2. The minimum atomic E-state index is -0.0342. The highest BCUT2D eigenvalue weighted by atomic mass is 16.2. The van der Waals surface area contributed by atoms with Crippen LogP contribution in [0.25, 0.3) is 0 Å². The summed E-state index contributed by atoms with van der Waals surface area (Å²) < 4.78 is 0. The van der Waals surface area contributed by atoms with E-state index < -0.39 is 0 Å². The summed E-state index contributed by atoms with van der Waals surface area (Å²) in [5.74, 6) is 0.584. The van der Waals surface area contributed by atoms with Crippen molar-refractivity contribution in [1.29, 1.82) is 0 Å². The van der Waals surface area contributed by atoms with Gasteiger partial charge in [0.2, 0.25) is 5.91 Å². The lowest BCUT2D eigenvalue weighted by Gasteiger charge is -2.30. The molecule has 26 heavy (non-hydrogen) atoms. The molecule has 0 saturated heterocycles. The summed E-state index contributed by atoms with van der Waals surface area (Å²) in [7, 11) is 3.46. The first-order valence-corrected chi connectivity index (χ1v) is 9.15. The van der Waals surface area contributed by atoms with Gasteiger partial charge in [0.15, 0.2) is 5.96 Å². The molecule has 144 valence electrons. The molecule has 0 heterocycles. The minimum Gasteiger partial charge on any atom is -0.354 e. The number of hydrogen-bond acceptors (Lipinski definition) is 3. The van der Waals surface area contributed by atoms with Crippen LogP contribution >= 0.6 is 0 Å². The van der Waals surface area contributed by atoms with Crippen LogP contribution < -0.4 is 10.6 Å². The van der Waals surface area contributed by atoms with Crippen molar-refractivity contribution in [3.63, 3.8) is 0 Å². The van der Waals surface area contributed by atoms with E-state index in [4.69, 9.17) is 0 Å². The van der Waals surface area contributed by atoms with Gasteiger partial charge >= 0.3 is 0 Å². The Morgan fingerprint density at radius 3 is 2.38 bits per heavy atom. The predicted molar refractivity (Wildman–Crippen MR) is 109 cm³/mol. The first-order chi connectivity index (χ1) is 12.5. The van der Waals surface area contributed by atoms with E-state index in [1.54, 1.807) is 20.2 Å². The summed E-state index contributed by atoms with van der Waals surface area (Å²) in [6.07, 6.45) is 1.77.